The van der Waals surface area contributed by atoms with Crippen LogP contribution in [0.4, 0.5) is 5.82 Å². The first kappa shape index (κ1) is 17.2. The van der Waals surface area contributed by atoms with Gasteiger partial charge in [0.25, 0.3) is 0 Å². The van der Waals surface area contributed by atoms with Crippen molar-refractivity contribution < 1.29 is 4.74 Å². The van der Waals surface area contributed by atoms with Crippen LogP contribution in [0.15, 0.2) is 12.3 Å². The van der Waals surface area contributed by atoms with Gasteiger partial charge < -0.3 is 15.0 Å². The molecule has 1 atom stereocenters. The van der Waals surface area contributed by atoms with E-state index in [1.165, 1.54) is 0 Å². The van der Waals surface area contributed by atoms with Crippen LogP contribution in [0.3, 0.4) is 0 Å². The lowest BCUT2D eigenvalue weighted by Crippen LogP contribution is -2.37. The Kier molecular flexibility index (Phi) is 7.88. The quantitative estimate of drug-likeness (QED) is 0.711. The molecule has 1 aromatic rings. The number of ether oxygens (including phenoxy) is 1. The topological polar surface area (TPSA) is 37.4 Å². The average molecular weight is 300 g/mol. The van der Waals surface area contributed by atoms with Crippen LogP contribution in [0.2, 0.25) is 5.02 Å². The first-order chi connectivity index (χ1) is 9.63. The Labute approximate surface area is 127 Å². The molecule has 0 saturated heterocycles. The molecule has 0 aliphatic heterocycles. The van der Waals surface area contributed by atoms with Gasteiger partial charge in [-0.2, -0.15) is 0 Å². The van der Waals surface area contributed by atoms with Crippen LogP contribution in [0, 0.1) is 0 Å². The Morgan fingerprint density at radius 2 is 2.20 bits per heavy atom. The second-order valence-corrected chi connectivity index (χ2v) is 5.32. The van der Waals surface area contributed by atoms with Gasteiger partial charge in [-0.25, -0.2) is 4.98 Å². The fraction of sp³-hybridized carbons (Fsp3) is 0.667. The summed E-state index contributed by atoms with van der Waals surface area (Å²) in [5.41, 5.74) is 1.11. The number of pyridine rings is 1. The third-order valence-corrected chi connectivity index (χ3v) is 3.47. The van der Waals surface area contributed by atoms with E-state index in [2.05, 4.69) is 36.0 Å². The van der Waals surface area contributed by atoms with E-state index in [0.29, 0.717) is 11.6 Å². The number of methoxy groups -OCH3 is 1. The molecule has 0 spiro atoms. The van der Waals surface area contributed by atoms with Gasteiger partial charge in [-0.1, -0.05) is 18.5 Å². The molecule has 0 aromatic carbocycles. The predicted octanol–water partition coefficient (Wildman–Crippen LogP) is 3.10. The normalized spacial score (nSPS) is 12.4. The van der Waals surface area contributed by atoms with Crippen LogP contribution < -0.4 is 10.2 Å². The SMILES string of the molecule is CCCNCc1cnc(N(CC)C(C)COC)c(Cl)c1. The standard InChI is InChI=1S/C15H26ClN3O/c1-5-7-17-9-13-8-14(16)15(18-10-13)19(6-2)12(3)11-20-4/h8,10,12,17H,5-7,9,11H2,1-4H3. The van der Waals surface area contributed by atoms with Crippen molar-refractivity contribution >= 4 is 17.4 Å². The van der Waals surface area contributed by atoms with Crippen LogP contribution in [0.5, 0.6) is 0 Å². The Hall–Kier alpha value is -0.840. The highest BCUT2D eigenvalue weighted by Crippen LogP contribution is 2.25. The van der Waals surface area contributed by atoms with E-state index in [9.17, 15) is 0 Å². The summed E-state index contributed by atoms with van der Waals surface area (Å²) in [5.74, 6) is 0.831. The minimum Gasteiger partial charge on any atom is -0.383 e. The molecule has 1 N–H and O–H groups in total. The number of rotatable bonds is 9. The van der Waals surface area contributed by atoms with Crippen LogP contribution in [0.25, 0.3) is 0 Å². The minimum atomic E-state index is 0.249. The number of likely N-dealkylation sites (N-methyl/N-ethyl adjacent to an activating group) is 1. The highest BCUT2D eigenvalue weighted by Gasteiger charge is 2.17. The number of halogens is 1. The van der Waals surface area contributed by atoms with Gasteiger partial charge in [0.15, 0.2) is 0 Å². The largest absolute Gasteiger partial charge is 0.383 e. The predicted molar refractivity (Wildman–Crippen MR) is 85.6 cm³/mol. The van der Waals surface area contributed by atoms with Crippen LogP contribution in [0.1, 0.15) is 32.8 Å². The molecule has 1 aromatic heterocycles. The first-order valence-electron chi connectivity index (χ1n) is 7.24. The van der Waals surface area contributed by atoms with Crippen LogP contribution >= 0.6 is 11.6 Å². The summed E-state index contributed by atoms with van der Waals surface area (Å²) in [7, 11) is 1.71. The lowest BCUT2D eigenvalue weighted by Gasteiger charge is -2.29. The summed E-state index contributed by atoms with van der Waals surface area (Å²) in [6.07, 6.45) is 3.02. The summed E-state index contributed by atoms with van der Waals surface area (Å²) < 4.78 is 5.21. The summed E-state index contributed by atoms with van der Waals surface area (Å²) in [4.78, 5) is 6.69. The maximum absolute atomic E-state index is 6.39. The van der Waals surface area contributed by atoms with Gasteiger partial charge in [-0.3, -0.25) is 0 Å². The molecule has 1 rings (SSSR count). The van der Waals surface area contributed by atoms with E-state index in [1.54, 1.807) is 7.11 Å². The van der Waals surface area contributed by atoms with Crippen LogP contribution in [-0.4, -0.2) is 37.8 Å². The summed E-state index contributed by atoms with van der Waals surface area (Å²) in [6, 6.07) is 2.24. The molecule has 114 valence electrons. The van der Waals surface area contributed by atoms with E-state index < -0.39 is 0 Å². The second-order valence-electron chi connectivity index (χ2n) is 4.92. The van der Waals surface area contributed by atoms with Gasteiger partial charge in [0.2, 0.25) is 0 Å². The summed E-state index contributed by atoms with van der Waals surface area (Å²) >= 11 is 6.39. The molecular weight excluding hydrogens is 274 g/mol. The Balaban J connectivity index is 2.79. The number of nitrogens with zero attached hydrogens (tertiary/aromatic N) is 2. The maximum Gasteiger partial charge on any atom is 0.147 e. The lowest BCUT2D eigenvalue weighted by atomic mass is 10.2. The zero-order valence-corrected chi connectivity index (χ0v) is 13.7. The van der Waals surface area contributed by atoms with Gasteiger partial charge in [-0.15, -0.1) is 0 Å². The molecule has 0 aliphatic rings. The number of hydrogen-bond acceptors (Lipinski definition) is 4. The van der Waals surface area contributed by atoms with Crippen molar-refractivity contribution in [2.75, 3.05) is 31.7 Å². The minimum absolute atomic E-state index is 0.249. The Morgan fingerprint density at radius 3 is 2.75 bits per heavy atom. The monoisotopic (exact) mass is 299 g/mol. The van der Waals surface area contributed by atoms with Crippen molar-refractivity contribution in [1.29, 1.82) is 0 Å². The van der Waals surface area contributed by atoms with E-state index >= 15 is 0 Å². The van der Waals surface area contributed by atoms with Crippen molar-refractivity contribution in [3.63, 3.8) is 0 Å². The first-order valence-corrected chi connectivity index (χ1v) is 7.62. The zero-order chi connectivity index (χ0) is 15.0. The third-order valence-electron chi connectivity index (χ3n) is 3.19. The number of hydrogen-bond donors (Lipinski definition) is 1. The van der Waals surface area contributed by atoms with Crippen molar-refractivity contribution in [3.8, 4) is 0 Å². The lowest BCUT2D eigenvalue weighted by molar-refractivity contribution is 0.181. The molecule has 1 heterocycles. The molecule has 0 aliphatic carbocycles. The third kappa shape index (κ3) is 4.93. The smallest absolute Gasteiger partial charge is 0.147 e. The molecule has 20 heavy (non-hydrogen) atoms. The fourth-order valence-electron chi connectivity index (χ4n) is 2.19. The molecule has 0 fully saturated rings. The highest BCUT2D eigenvalue weighted by molar-refractivity contribution is 6.33. The van der Waals surface area contributed by atoms with Gasteiger partial charge in [0.05, 0.1) is 17.7 Å². The summed E-state index contributed by atoms with van der Waals surface area (Å²) in [6.45, 7) is 9.68. The Bertz CT molecular complexity index is 401. The van der Waals surface area contributed by atoms with Crippen molar-refractivity contribution in [1.82, 2.24) is 10.3 Å². The van der Waals surface area contributed by atoms with E-state index in [4.69, 9.17) is 16.3 Å². The van der Waals surface area contributed by atoms with Gasteiger partial charge in [0, 0.05) is 26.4 Å². The fourth-order valence-corrected chi connectivity index (χ4v) is 2.49. The maximum atomic E-state index is 6.39. The second kappa shape index (κ2) is 9.16. The molecule has 4 nitrogen and oxygen atoms in total. The van der Waals surface area contributed by atoms with Crippen molar-refractivity contribution in [2.24, 2.45) is 0 Å². The number of anilines is 1. The van der Waals surface area contributed by atoms with Gasteiger partial charge in [-0.05, 0) is 38.4 Å². The molecule has 5 heteroatoms. The van der Waals surface area contributed by atoms with Crippen molar-refractivity contribution in [3.05, 3.63) is 22.8 Å². The van der Waals surface area contributed by atoms with E-state index in [1.807, 2.05) is 12.3 Å². The van der Waals surface area contributed by atoms with E-state index in [0.717, 1.165) is 37.4 Å². The van der Waals surface area contributed by atoms with Crippen molar-refractivity contribution in [2.45, 2.75) is 39.8 Å². The molecule has 1 unspecified atom stereocenters. The molecule has 0 radical (unpaired) electrons. The van der Waals surface area contributed by atoms with E-state index in [-0.39, 0.29) is 6.04 Å². The highest BCUT2D eigenvalue weighted by atomic mass is 35.5. The van der Waals surface area contributed by atoms with Gasteiger partial charge >= 0.3 is 0 Å². The molecule has 0 bridgehead atoms. The zero-order valence-electron chi connectivity index (χ0n) is 12.9. The number of aromatic nitrogens is 1. The van der Waals surface area contributed by atoms with Crippen LogP contribution in [-0.2, 0) is 11.3 Å². The number of nitrogens with one attached hydrogen (secondary N) is 1. The summed E-state index contributed by atoms with van der Waals surface area (Å²) in [5, 5.41) is 4.05. The van der Waals surface area contributed by atoms with Gasteiger partial charge in [0.1, 0.15) is 5.82 Å². The molecule has 0 amide bonds. The molecule has 0 saturated carbocycles. The molecular formula is C15H26ClN3O. The Morgan fingerprint density at radius 1 is 1.45 bits per heavy atom. The average Bonchev–Trinajstić information content (AvgIpc) is 2.42.